The van der Waals surface area contributed by atoms with Gasteiger partial charge in [0.1, 0.15) is 5.76 Å². The van der Waals surface area contributed by atoms with E-state index in [1.165, 1.54) is 0 Å². The molecule has 0 bridgehead atoms. The minimum absolute atomic E-state index is 0.0676. The summed E-state index contributed by atoms with van der Waals surface area (Å²) in [5, 5.41) is 2.90. The van der Waals surface area contributed by atoms with E-state index in [2.05, 4.69) is 15.3 Å². The van der Waals surface area contributed by atoms with Crippen LogP contribution in [0.15, 0.2) is 59.1 Å². The molecule has 0 unspecified atom stereocenters. The topological polar surface area (TPSA) is 68.0 Å². The molecule has 0 aliphatic heterocycles. The number of amides is 1. The first-order valence-corrected chi connectivity index (χ1v) is 7.90. The minimum atomic E-state index is -0.0676. The van der Waals surface area contributed by atoms with E-state index in [9.17, 15) is 4.79 Å². The molecule has 0 spiro atoms. The first-order chi connectivity index (χ1) is 11.7. The molecule has 0 radical (unpaired) electrons. The van der Waals surface area contributed by atoms with Crippen LogP contribution in [0.1, 0.15) is 17.1 Å². The third-order valence-corrected chi connectivity index (χ3v) is 3.67. The highest BCUT2D eigenvalue weighted by molar-refractivity contribution is 5.78. The van der Waals surface area contributed by atoms with Crippen LogP contribution in [-0.4, -0.2) is 22.4 Å². The molecule has 0 aliphatic rings. The Morgan fingerprint density at radius 1 is 1.12 bits per heavy atom. The number of nitrogens with zero attached hydrogens (tertiary/aromatic N) is 2. The van der Waals surface area contributed by atoms with Crippen molar-refractivity contribution in [3.63, 3.8) is 0 Å². The lowest BCUT2D eigenvalue weighted by Crippen LogP contribution is -2.27. The Morgan fingerprint density at radius 3 is 2.67 bits per heavy atom. The van der Waals surface area contributed by atoms with E-state index in [0.717, 1.165) is 11.3 Å². The second-order valence-corrected chi connectivity index (χ2v) is 5.49. The Kier molecular flexibility index (Phi) is 5.01. The van der Waals surface area contributed by atoms with Crippen molar-refractivity contribution in [2.45, 2.75) is 19.8 Å². The normalized spacial score (nSPS) is 10.5. The molecule has 2 heterocycles. The van der Waals surface area contributed by atoms with Crippen molar-refractivity contribution in [1.29, 1.82) is 0 Å². The van der Waals surface area contributed by atoms with Crippen LogP contribution in [0.25, 0.3) is 11.5 Å². The summed E-state index contributed by atoms with van der Waals surface area (Å²) in [4.78, 5) is 20.8. The smallest absolute Gasteiger partial charge is 0.226 e. The Labute approximate surface area is 140 Å². The summed E-state index contributed by atoms with van der Waals surface area (Å²) in [5.74, 6) is 1.15. The molecule has 3 aromatic rings. The maximum absolute atomic E-state index is 12.1. The standard InChI is InChI=1S/C19H19N3O2/c1-14-17(22-19(24-14)15-7-3-2-4-8-15)13-18(23)21-12-10-16-9-5-6-11-20-16/h2-9,11H,10,12-13H2,1H3,(H,21,23). The van der Waals surface area contributed by atoms with Crippen LogP contribution >= 0.6 is 0 Å². The fourth-order valence-electron chi connectivity index (χ4n) is 2.39. The molecule has 1 aromatic carbocycles. The third-order valence-electron chi connectivity index (χ3n) is 3.67. The molecule has 0 fully saturated rings. The number of hydrogen-bond acceptors (Lipinski definition) is 4. The molecule has 0 saturated carbocycles. The van der Waals surface area contributed by atoms with Gasteiger partial charge in [0.15, 0.2) is 0 Å². The van der Waals surface area contributed by atoms with Gasteiger partial charge in [-0.05, 0) is 31.2 Å². The molecule has 1 N–H and O–H groups in total. The van der Waals surface area contributed by atoms with Crippen molar-refractivity contribution in [1.82, 2.24) is 15.3 Å². The summed E-state index contributed by atoms with van der Waals surface area (Å²) < 4.78 is 5.67. The van der Waals surface area contributed by atoms with Gasteiger partial charge in [0.2, 0.25) is 11.8 Å². The van der Waals surface area contributed by atoms with E-state index >= 15 is 0 Å². The molecule has 0 aliphatic carbocycles. The Bertz CT molecular complexity index is 798. The highest BCUT2D eigenvalue weighted by Gasteiger charge is 2.14. The summed E-state index contributed by atoms with van der Waals surface area (Å²) in [6.45, 7) is 2.38. The second kappa shape index (κ2) is 7.55. The zero-order valence-corrected chi connectivity index (χ0v) is 13.5. The molecule has 24 heavy (non-hydrogen) atoms. The van der Waals surface area contributed by atoms with Crippen molar-refractivity contribution in [2.24, 2.45) is 0 Å². The van der Waals surface area contributed by atoms with E-state index in [1.54, 1.807) is 6.20 Å². The second-order valence-electron chi connectivity index (χ2n) is 5.49. The molecular formula is C19H19N3O2. The van der Waals surface area contributed by atoms with Gasteiger partial charge in [-0.25, -0.2) is 4.98 Å². The Hall–Kier alpha value is -2.95. The van der Waals surface area contributed by atoms with Crippen molar-refractivity contribution in [3.8, 4) is 11.5 Å². The van der Waals surface area contributed by atoms with E-state index in [0.29, 0.717) is 30.3 Å². The maximum atomic E-state index is 12.1. The molecule has 3 rings (SSSR count). The lowest BCUT2D eigenvalue weighted by molar-refractivity contribution is -0.120. The zero-order chi connectivity index (χ0) is 16.8. The molecule has 0 atom stereocenters. The number of carbonyl (C=O) groups excluding carboxylic acids is 1. The molecular weight excluding hydrogens is 302 g/mol. The number of aryl methyl sites for hydroxylation is 1. The van der Waals surface area contributed by atoms with Crippen LogP contribution < -0.4 is 5.32 Å². The van der Waals surface area contributed by atoms with Crippen LogP contribution in [0.5, 0.6) is 0 Å². The Morgan fingerprint density at radius 2 is 1.92 bits per heavy atom. The van der Waals surface area contributed by atoms with Gasteiger partial charge in [0.05, 0.1) is 12.1 Å². The van der Waals surface area contributed by atoms with Gasteiger partial charge in [-0.2, -0.15) is 0 Å². The Balaban J connectivity index is 1.56. The van der Waals surface area contributed by atoms with Crippen LogP contribution in [0, 0.1) is 6.92 Å². The van der Waals surface area contributed by atoms with Gasteiger partial charge in [0.25, 0.3) is 0 Å². The lowest BCUT2D eigenvalue weighted by atomic mass is 10.2. The van der Waals surface area contributed by atoms with Crippen molar-refractivity contribution < 1.29 is 9.21 Å². The fraction of sp³-hybridized carbons (Fsp3) is 0.211. The predicted molar refractivity (Wildman–Crippen MR) is 91.3 cm³/mol. The average Bonchev–Trinajstić information content (AvgIpc) is 2.97. The molecule has 0 saturated heterocycles. The number of oxazole rings is 1. The van der Waals surface area contributed by atoms with Gasteiger partial charge in [-0.15, -0.1) is 0 Å². The first kappa shape index (κ1) is 15.9. The summed E-state index contributed by atoms with van der Waals surface area (Å²) in [6, 6.07) is 15.4. The fourth-order valence-corrected chi connectivity index (χ4v) is 2.39. The van der Waals surface area contributed by atoms with Gasteiger partial charge >= 0.3 is 0 Å². The molecule has 5 nitrogen and oxygen atoms in total. The molecule has 2 aromatic heterocycles. The van der Waals surface area contributed by atoms with E-state index in [-0.39, 0.29) is 12.3 Å². The van der Waals surface area contributed by atoms with Crippen LogP contribution in [0.3, 0.4) is 0 Å². The van der Waals surface area contributed by atoms with Gasteiger partial charge in [-0.3, -0.25) is 9.78 Å². The number of pyridine rings is 1. The monoisotopic (exact) mass is 321 g/mol. The maximum Gasteiger partial charge on any atom is 0.226 e. The van der Waals surface area contributed by atoms with E-state index in [4.69, 9.17) is 4.42 Å². The number of hydrogen-bond donors (Lipinski definition) is 1. The quantitative estimate of drug-likeness (QED) is 0.758. The number of rotatable bonds is 6. The van der Waals surface area contributed by atoms with Crippen LogP contribution in [0.2, 0.25) is 0 Å². The largest absolute Gasteiger partial charge is 0.441 e. The third kappa shape index (κ3) is 4.07. The first-order valence-electron chi connectivity index (χ1n) is 7.90. The number of benzene rings is 1. The highest BCUT2D eigenvalue weighted by Crippen LogP contribution is 2.21. The van der Waals surface area contributed by atoms with Crippen molar-refractivity contribution in [2.75, 3.05) is 6.54 Å². The van der Waals surface area contributed by atoms with Crippen LogP contribution in [-0.2, 0) is 17.6 Å². The summed E-state index contributed by atoms with van der Waals surface area (Å²) in [6.07, 6.45) is 2.67. The summed E-state index contributed by atoms with van der Waals surface area (Å²) in [5.41, 5.74) is 2.54. The van der Waals surface area contributed by atoms with Gasteiger partial charge in [0, 0.05) is 30.4 Å². The minimum Gasteiger partial charge on any atom is -0.441 e. The van der Waals surface area contributed by atoms with E-state index in [1.807, 2.05) is 55.5 Å². The molecule has 1 amide bonds. The zero-order valence-electron chi connectivity index (χ0n) is 13.5. The highest BCUT2D eigenvalue weighted by atomic mass is 16.4. The van der Waals surface area contributed by atoms with Gasteiger partial charge < -0.3 is 9.73 Å². The van der Waals surface area contributed by atoms with Crippen molar-refractivity contribution >= 4 is 5.91 Å². The van der Waals surface area contributed by atoms with Crippen LogP contribution in [0.4, 0.5) is 0 Å². The van der Waals surface area contributed by atoms with Crippen molar-refractivity contribution in [3.05, 3.63) is 71.9 Å². The lowest BCUT2D eigenvalue weighted by Gasteiger charge is -2.03. The average molecular weight is 321 g/mol. The molecule has 5 heteroatoms. The van der Waals surface area contributed by atoms with E-state index < -0.39 is 0 Å². The summed E-state index contributed by atoms with van der Waals surface area (Å²) >= 11 is 0. The number of nitrogens with one attached hydrogen (secondary N) is 1. The predicted octanol–water partition coefficient (Wildman–Crippen LogP) is 2.95. The van der Waals surface area contributed by atoms with Gasteiger partial charge in [-0.1, -0.05) is 24.3 Å². The number of aromatic nitrogens is 2. The number of carbonyl (C=O) groups is 1. The SMILES string of the molecule is Cc1oc(-c2ccccc2)nc1CC(=O)NCCc1ccccn1. The molecule has 122 valence electrons. The summed E-state index contributed by atoms with van der Waals surface area (Å²) in [7, 11) is 0.